The molecule has 0 aliphatic rings. The molecule has 3 aromatic heterocycles. The van der Waals surface area contributed by atoms with Gasteiger partial charge in [-0.05, 0) is 30.2 Å². The first-order valence-electron chi connectivity index (χ1n) is 8.77. The van der Waals surface area contributed by atoms with Crippen LogP contribution < -0.4 is 11.2 Å². The Morgan fingerprint density at radius 2 is 2.04 bits per heavy atom. The number of furan rings is 1. The van der Waals surface area contributed by atoms with Gasteiger partial charge in [0.2, 0.25) is 5.88 Å². The second-order valence-electron chi connectivity index (χ2n) is 6.31. The van der Waals surface area contributed by atoms with Crippen molar-refractivity contribution in [3.05, 3.63) is 86.6 Å². The summed E-state index contributed by atoms with van der Waals surface area (Å²) in [5, 5.41) is 11.5. The largest absolute Gasteiger partial charge is 0.494 e. The maximum atomic E-state index is 12.1. The Morgan fingerprint density at radius 3 is 2.86 bits per heavy atom. The molecule has 4 aromatic rings. The molecule has 0 saturated heterocycles. The Labute approximate surface area is 158 Å². The van der Waals surface area contributed by atoms with Gasteiger partial charge in [-0.25, -0.2) is 4.79 Å². The lowest BCUT2D eigenvalue weighted by atomic mass is 10.1. The third-order valence-electron chi connectivity index (χ3n) is 4.51. The number of aliphatic imine (C=N–C) groups is 1. The molecule has 3 N–H and O–H groups in total. The summed E-state index contributed by atoms with van der Waals surface area (Å²) in [6.07, 6.45) is 5.37. The van der Waals surface area contributed by atoms with Crippen LogP contribution in [-0.2, 0) is 13.0 Å². The van der Waals surface area contributed by atoms with E-state index in [1.165, 1.54) is 12.5 Å². The molecule has 0 radical (unpaired) electrons. The number of rotatable bonds is 6. The van der Waals surface area contributed by atoms with Crippen LogP contribution in [0.4, 0.5) is 0 Å². The second-order valence-corrected chi connectivity index (χ2v) is 6.31. The SMILES string of the molecule is O=c1[nH]c(=O)n(Cc2ccco2)c(O)c1C=NCCc1c[nH]c2ccccc12. The topological polar surface area (TPSA) is 116 Å². The van der Waals surface area contributed by atoms with E-state index in [9.17, 15) is 14.7 Å². The van der Waals surface area contributed by atoms with Gasteiger partial charge in [-0.15, -0.1) is 0 Å². The summed E-state index contributed by atoms with van der Waals surface area (Å²) < 4.78 is 6.22. The number of fused-ring (bicyclic) bond motifs is 1. The molecule has 0 amide bonds. The first-order valence-corrected chi connectivity index (χ1v) is 8.77. The van der Waals surface area contributed by atoms with Crippen molar-refractivity contribution in [3.8, 4) is 5.88 Å². The number of nitrogens with one attached hydrogen (secondary N) is 2. The van der Waals surface area contributed by atoms with E-state index in [1.807, 2.05) is 30.5 Å². The fourth-order valence-electron chi connectivity index (χ4n) is 3.08. The average molecular weight is 378 g/mol. The van der Waals surface area contributed by atoms with Crippen molar-refractivity contribution in [3.63, 3.8) is 0 Å². The second kappa shape index (κ2) is 7.43. The van der Waals surface area contributed by atoms with E-state index in [-0.39, 0.29) is 12.1 Å². The first kappa shape index (κ1) is 17.6. The molecular weight excluding hydrogens is 360 g/mol. The molecule has 28 heavy (non-hydrogen) atoms. The van der Waals surface area contributed by atoms with Crippen molar-refractivity contribution < 1.29 is 9.52 Å². The zero-order valence-corrected chi connectivity index (χ0v) is 14.9. The molecular formula is C20H18N4O4. The molecule has 8 heteroatoms. The van der Waals surface area contributed by atoms with Crippen LogP contribution in [-0.4, -0.2) is 32.4 Å². The van der Waals surface area contributed by atoms with Gasteiger partial charge in [0.05, 0.1) is 12.8 Å². The van der Waals surface area contributed by atoms with Gasteiger partial charge >= 0.3 is 5.69 Å². The molecule has 0 spiro atoms. The summed E-state index contributed by atoms with van der Waals surface area (Å²) >= 11 is 0. The number of H-pyrrole nitrogens is 2. The predicted molar refractivity (Wildman–Crippen MR) is 105 cm³/mol. The summed E-state index contributed by atoms with van der Waals surface area (Å²) in [6, 6.07) is 11.3. The van der Waals surface area contributed by atoms with Crippen LogP contribution in [0.2, 0.25) is 0 Å². The quantitative estimate of drug-likeness (QED) is 0.445. The van der Waals surface area contributed by atoms with Gasteiger partial charge < -0.3 is 14.5 Å². The Bertz CT molecular complexity index is 1250. The van der Waals surface area contributed by atoms with Crippen LogP contribution >= 0.6 is 0 Å². The highest BCUT2D eigenvalue weighted by Gasteiger charge is 2.13. The Kier molecular flexibility index (Phi) is 4.67. The van der Waals surface area contributed by atoms with Crippen molar-refractivity contribution in [2.75, 3.05) is 6.54 Å². The van der Waals surface area contributed by atoms with Gasteiger partial charge in [0.1, 0.15) is 11.3 Å². The molecule has 0 bridgehead atoms. The zero-order chi connectivity index (χ0) is 19.5. The monoisotopic (exact) mass is 378 g/mol. The molecule has 0 atom stereocenters. The first-order chi connectivity index (χ1) is 13.6. The summed E-state index contributed by atoms with van der Waals surface area (Å²) in [5.74, 6) is 0.0349. The predicted octanol–water partition coefficient (Wildman–Crippen LogP) is 2.03. The van der Waals surface area contributed by atoms with Crippen molar-refractivity contribution in [1.82, 2.24) is 14.5 Å². The van der Waals surface area contributed by atoms with E-state index >= 15 is 0 Å². The van der Waals surface area contributed by atoms with Crippen LogP contribution in [0.5, 0.6) is 5.88 Å². The third-order valence-corrected chi connectivity index (χ3v) is 4.51. The normalized spacial score (nSPS) is 11.6. The zero-order valence-electron chi connectivity index (χ0n) is 14.9. The van der Waals surface area contributed by atoms with Gasteiger partial charge in [0, 0.05) is 29.9 Å². The van der Waals surface area contributed by atoms with E-state index in [1.54, 1.807) is 12.1 Å². The highest BCUT2D eigenvalue weighted by Crippen LogP contribution is 2.18. The van der Waals surface area contributed by atoms with Gasteiger partial charge in [0.25, 0.3) is 5.56 Å². The Balaban J connectivity index is 1.54. The van der Waals surface area contributed by atoms with Crippen molar-refractivity contribution in [1.29, 1.82) is 0 Å². The minimum absolute atomic E-state index is 0.00459. The lowest BCUT2D eigenvalue weighted by Crippen LogP contribution is -2.32. The smallest absolute Gasteiger partial charge is 0.331 e. The maximum absolute atomic E-state index is 12.1. The van der Waals surface area contributed by atoms with Gasteiger partial charge in [0.15, 0.2) is 0 Å². The molecule has 0 unspecified atom stereocenters. The van der Waals surface area contributed by atoms with Crippen LogP contribution in [0.15, 0.2) is 67.9 Å². The fourth-order valence-corrected chi connectivity index (χ4v) is 3.08. The molecule has 0 fully saturated rings. The average Bonchev–Trinajstić information content (AvgIpc) is 3.34. The van der Waals surface area contributed by atoms with E-state index in [0.717, 1.165) is 21.0 Å². The Morgan fingerprint density at radius 1 is 1.18 bits per heavy atom. The van der Waals surface area contributed by atoms with Crippen LogP contribution in [0, 0.1) is 0 Å². The van der Waals surface area contributed by atoms with Crippen LogP contribution in [0.1, 0.15) is 16.9 Å². The number of benzene rings is 1. The summed E-state index contributed by atoms with van der Waals surface area (Å²) in [7, 11) is 0. The molecule has 0 aliphatic heterocycles. The van der Waals surface area contributed by atoms with E-state index in [4.69, 9.17) is 4.42 Å². The molecule has 4 rings (SSSR count). The molecule has 1 aromatic carbocycles. The standard InChI is InChI=1S/C20H18N4O4/c25-18-16(19(26)24(20(27)23-18)12-14-4-3-9-28-14)11-21-8-7-13-10-22-17-6-2-1-5-15(13)17/h1-6,9-11,22,26H,7-8,12H2,(H,23,25,27). The maximum Gasteiger partial charge on any atom is 0.331 e. The number of aromatic nitrogens is 3. The highest BCUT2D eigenvalue weighted by atomic mass is 16.3. The molecule has 142 valence electrons. The van der Waals surface area contributed by atoms with E-state index in [0.29, 0.717) is 18.7 Å². The lowest BCUT2D eigenvalue weighted by molar-refractivity contribution is 0.392. The molecule has 8 nitrogen and oxygen atoms in total. The summed E-state index contributed by atoms with van der Waals surface area (Å²) in [5.41, 5.74) is 0.711. The van der Waals surface area contributed by atoms with Gasteiger partial charge in [-0.2, -0.15) is 0 Å². The van der Waals surface area contributed by atoms with Crippen LogP contribution in [0.25, 0.3) is 10.9 Å². The summed E-state index contributed by atoms with van der Waals surface area (Å²) in [6.45, 7) is 0.433. The van der Waals surface area contributed by atoms with Gasteiger partial charge in [-0.3, -0.25) is 19.3 Å². The summed E-state index contributed by atoms with van der Waals surface area (Å²) in [4.78, 5) is 33.7. The number of para-hydroxylation sites is 1. The van der Waals surface area contributed by atoms with Crippen molar-refractivity contribution >= 4 is 17.1 Å². The lowest BCUT2D eigenvalue weighted by Gasteiger charge is -2.07. The number of hydrogen-bond acceptors (Lipinski definition) is 5. The van der Waals surface area contributed by atoms with Crippen molar-refractivity contribution in [2.24, 2.45) is 4.99 Å². The number of hydrogen-bond donors (Lipinski definition) is 3. The minimum atomic E-state index is -0.713. The van der Waals surface area contributed by atoms with E-state index in [2.05, 4.69) is 15.0 Å². The minimum Gasteiger partial charge on any atom is -0.494 e. The molecule has 0 aliphatic carbocycles. The van der Waals surface area contributed by atoms with Crippen LogP contribution in [0.3, 0.4) is 0 Å². The number of nitrogens with zero attached hydrogens (tertiary/aromatic N) is 2. The molecule has 0 saturated carbocycles. The number of aromatic hydroxyl groups is 1. The third kappa shape index (κ3) is 3.39. The highest BCUT2D eigenvalue weighted by molar-refractivity contribution is 5.83. The van der Waals surface area contributed by atoms with Crippen molar-refractivity contribution in [2.45, 2.75) is 13.0 Å². The Hall–Kier alpha value is -3.81. The molecule has 3 heterocycles. The van der Waals surface area contributed by atoms with E-state index < -0.39 is 17.1 Å². The fraction of sp³-hybridized carbons (Fsp3) is 0.150. The number of aromatic amines is 2. The van der Waals surface area contributed by atoms with Gasteiger partial charge in [-0.1, -0.05) is 18.2 Å².